The Morgan fingerprint density at radius 1 is 1.06 bits per heavy atom. The van der Waals surface area contributed by atoms with Gasteiger partial charge in [-0.1, -0.05) is 15.9 Å². The molecule has 96 valence electrons. The predicted octanol–water partition coefficient (Wildman–Crippen LogP) is 4.44. The summed E-state index contributed by atoms with van der Waals surface area (Å²) in [6, 6.07) is 12.1. The van der Waals surface area contributed by atoms with Gasteiger partial charge in [0.1, 0.15) is 12.4 Å². The van der Waals surface area contributed by atoms with Crippen LogP contribution in [-0.4, -0.2) is 13.2 Å². The van der Waals surface area contributed by atoms with E-state index in [2.05, 4.69) is 49.3 Å². The van der Waals surface area contributed by atoms with Crippen LogP contribution in [0.5, 0.6) is 5.75 Å². The van der Waals surface area contributed by atoms with Crippen LogP contribution < -0.4 is 10.1 Å². The smallest absolute Gasteiger partial charge is 0.119 e. The van der Waals surface area contributed by atoms with Crippen LogP contribution in [0, 0.1) is 0 Å². The van der Waals surface area contributed by atoms with Crippen LogP contribution >= 0.6 is 43.2 Å². The lowest BCUT2D eigenvalue weighted by molar-refractivity contribution is 0.314. The highest BCUT2D eigenvalue weighted by atomic mass is 79.9. The van der Waals surface area contributed by atoms with E-state index in [1.54, 1.807) is 11.3 Å². The van der Waals surface area contributed by atoms with E-state index in [1.807, 2.05) is 24.3 Å². The minimum Gasteiger partial charge on any atom is -0.492 e. The highest BCUT2D eigenvalue weighted by Crippen LogP contribution is 2.21. The Hall–Kier alpha value is -0.360. The molecule has 0 aliphatic rings. The molecule has 0 spiro atoms. The van der Waals surface area contributed by atoms with E-state index in [0.29, 0.717) is 6.61 Å². The number of hydrogen-bond acceptors (Lipinski definition) is 3. The molecule has 1 heterocycles. The van der Waals surface area contributed by atoms with Crippen LogP contribution in [-0.2, 0) is 6.54 Å². The molecule has 0 unspecified atom stereocenters. The van der Waals surface area contributed by atoms with Crippen molar-refractivity contribution in [3.63, 3.8) is 0 Å². The molecule has 5 heteroatoms. The Labute approximate surface area is 128 Å². The molecule has 0 aliphatic carbocycles. The van der Waals surface area contributed by atoms with Gasteiger partial charge < -0.3 is 10.1 Å². The lowest BCUT2D eigenvalue weighted by atomic mass is 10.3. The molecular formula is C13H13Br2NOS. The minimum absolute atomic E-state index is 0.675. The van der Waals surface area contributed by atoms with Gasteiger partial charge in [-0.05, 0) is 52.3 Å². The first kappa shape index (κ1) is 14.1. The summed E-state index contributed by atoms with van der Waals surface area (Å²) in [5.41, 5.74) is 0. The zero-order chi connectivity index (χ0) is 12.8. The van der Waals surface area contributed by atoms with Crippen molar-refractivity contribution >= 4 is 43.2 Å². The monoisotopic (exact) mass is 389 g/mol. The van der Waals surface area contributed by atoms with Crippen LogP contribution in [0.25, 0.3) is 0 Å². The van der Waals surface area contributed by atoms with E-state index < -0.39 is 0 Å². The van der Waals surface area contributed by atoms with Crippen molar-refractivity contribution < 1.29 is 4.74 Å². The standard InChI is InChI=1S/C13H13Br2NOS/c14-10-1-3-11(4-2-10)17-8-7-16-9-12-5-6-13(15)18-12/h1-6,16H,7-9H2. The second-order valence-corrected chi connectivity index (χ2v) is 7.15. The second-order valence-electron chi connectivity index (χ2n) is 3.68. The fourth-order valence-electron chi connectivity index (χ4n) is 1.43. The molecule has 0 amide bonds. The molecule has 18 heavy (non-hydrogen) atoms. The third-order valence-corrected chi connectivity index (χ3v) is 4.44. The van der Waals surface area contributed by atoms with Gasteiger partial charge in [0.05, 0.1) is 3.79 Å². The molecule has 1 N–H and O–H groups in total. The highest BCUT2D eigenvalue weighted by molar-refractivity contribution is 9.11. The SMILES string of the molecule is Brc1ccc(OCCNCc2ccc(Br)s2)cc1. The molecule has 0 saturated carbocycles. The van der Waals surface area contributed by atoms with Crippen LogP contribution in [0.15, 0.2) is 44.7 Å². The van der Waals surface area contributed by atoms with Crippen LogP contribution in [0.1, 0.15) is 4.88 Å². The maximum absolute atomic E-state index is 5.61. The fraction of sp³-hybridized carbons (Fsp3) is 0.231. The van der Waals surface area contributed by atoms with E-state index in [0.717, 1.165) is 23.3 Å². The minimum atomic E-state index is 0.675. The van der Waals surface area contributed by atoms with Gasteiger partial charge in [0.2, 0.25) is 0 Å². The summed E-state index contributed by atoms with van der Waals surface area (Å²) >= 11 is 8.60. The summed E-state index contributed by atoms with van der Waals surface area (Å²) in [5, 5.41) is 3.35. The zero-order valence-electron chi connectivity index (χ0n) is 9.66. The molecule has 0 atom stereocenters. The number of nitrogens with one attached hydrogen (secondary N) is 1. The van der Waals surface area contributed by atoms with Crippen molar-refractivity contribution in [2.75, 3.05) is 13.2 Å². The van der Waals surface area contributed by atoms with Crippen LogP contribution in [0.4, 0.5) is 0 Å². The van der Waals surface area contributed by atoms with Gasteiger partial charge in [-0.3, -0.25) is 0 Å². The Kier molecular flexibility index (Phi) is 5.69. The van der Waals surface area contributed by atoms with Gasteiger partial charge in [-0.15, -0.1) is 11.3 Å². The van der Waals surface area contributed by atoms with Crippen molar-refractivity contribution in [2.24, 2.45) is 0 Å². The maximum Gasteiger partial charge on any atom is 0.119 e. The van der Waals surface area contributed by atoms with Crippen LogP contribution in [0.3, 0.4) is 0 Å². The van der Waals surface area contributed by atoms with E-state index >= 15 is 0 Å². The van der Waals surface area contributed by atoms with Gasteiger partial charge in [-0.25, -0.2) is 0 Å². The summed E-state index contributed by atoms with van der Waals surface area (Å²) in [4.78, 5) is 1.32. The van der Waals surface area contributed by atoms with Crippen molar-refractivity contribution in [2.45, 2.75) is 6.54 Å². The zero-order valence-corrected chi connectivity index (χ0v) is 13.6. The summed E-state index contributed by atoms with van der Waals surface area (Å²) in [5.74, 6) is 0.902. The number of thiophene rings is 1. The molecule has 0 saturated heterocycles. The molecular weight excluding hydrogens is 378 g/mol. The second kappa shape index (κ2) is 7.28. The Morgan fingerprint density at radius 3 is 2.50 bits per heavy atom. The summed E-state index contributed by atoms with van der Waals surface area (Å²) < 4.78 is 7.85. The lowest BCUT2D eigenvalue weighted by Crippen LogP contribution is -2.20. The van der Waals surface area contributed by atoms with E-state index in [-0.39, 0.29) is 0 Å². The molecule has 0 radical (unpaired) electrons. The number of halogens is 2. The van der Waals surface area contributed by atoms with Crippen LogP contribution in [0.2, 0.25) is 0 Å². The molecule has 1 aromatic heterocycles. The first-order valence-corrected chi connectivity index (χ1v) is 7.97. The molecule has 0 aliphatic heterocycles. The van der Waals surface area contributed by atoms with E-state index in [9.17, 15) is 0 Å². The molecule has 1 aromatic carbocycles. The predicted molar refractivity (Wildman–Crippen MR) is 83.4 cm³/mol. The van der Waals surface area contributed by atoms with Crippen molar-refractivity contribution in [3.05, 3.63) is 49.5 Å². The Morgan fingerprint density at radius 2 is 1.83 bits per heavy atom. The van der Waals surface area contributed by atoms with Gasteiger partial charge in [0, 0.05) is 22.4 Å². The summed E-state index contributed by atoms with van der Waals surface area (Å²) in [6.07, 6.45) is 0. The third kappa shape index (κ3) is 4.72. The topological polar surface area (TPSA) is 21.3 Å². The largest absolute Gasteiger partial charge is 0.492 e. The third-order valence-electron chi connectivity index (χ3n) is 2.29. The quantitative estimate of drug-likeness (QED) is 0.736. The fourth-order valence-corrected chi connectivity index (χ4v) is 3.15. The number of benzene rings is 1. The van der Waals surface area contributed by atoms with E-state index in [1.165, 1.54) is 8.66 Å². The molecule has 0 fully saturated rings. The van der Waals surface area contributed by atoms with Crippen molar-refractivity contribution in [1.29, 1.82) is 0 Å². The lowest BCUT2D eigenvalue weighted by Gasteiger charge is -2.06. The summed E-state index contributed by atoms with van der Waals surface area (Å²) in [7, 11) is 0. The van der Waals surface area contributed by atoms with Gasteiger partial charge in [0.25, 0.3) is 0 Å². The Bertz CT molecular complexity index is 484. The average Bonchev–Trinajstić information content (AvgIpc) is 2.77. The van der Waals surface area contributed by atoms with Gasteiger partial charge in [0.15, 0.2) is 0 Å². The molecule has 0 bridgehead atoms. The first-order valence-electron chi connectivity index (χ1n) is 5.57. The van der Waals surface area contributed by atoms with Gasteiger partial charge >= 0.3 is 0 Å². The molecule has 2 aromatic rings. The average molecular weight is 391 g/mol. The normalized spacial score (nSPS) is 10.6. The van der Waals surface area contributed by atoms with E-state index in [4.69, 9.17) is 4.74 Å². The van der Waals surface area contributed by atoms with Crippen molar-refractivity contribution in [3.8, 4) is 5.75 Å². The number of hydrogen-bond donors (Lipinski definition) is 1. The number of ether oxygens (including phenoxy) is 1. The molecule has 2 rings (SSSR count). The number of rotatable bonds is 6. The first-order chi connectivity index (χ1) is 8.74. The summed E-state index contributed by atoms with van der Waals surface area (Å²) in [6.45, 7) is 2.40. The van der Waals surface area contributed by atoms with Crippen molar-refractivity contribution in [1.82, 2.24) is 5.32 Å². The highest BCUT2D eigenvalue weighted by Gasteiger charge is 1.97. The molecule has 2 nitrogen and oxygen atoms in total. The Balaban J connectivity index is 1.63. The maximum atomic E-state index is 5.61. The van der Waals surface area contributed by atoms with Gasteiger partial charge in [-0.2, -0.15) is 0 Å².